The van der Waals surface area contributed by atoms with Crippen LogP contribution in [0.15, 0.2) is 66.7 Å². The maximum Gasteiger partial charge on any atom is 0.255 e. The van der Waals surface area contributed by atoms with E-state index in [0.717, 1.165) is 51.8 Å². The van der Waals surface area contributed by atoms with Gasteiger partial charge in [0.25, 0.3) is 5.91 Å². The maximum atomic E-state index is 13.1. The second kappa shape index (κ2) is 9.29. The molecule has 1 fully saturated rings. The average Bonchev–Trinajstić information content (AvgIpc) is 3.49. The molecule has 2 N–H and O–H groups in total. The van der Waals surface area contributed by atoms with Crippen molar-refractivity contribution in [2.75, 3.05) is 36.9 Å². The van der Waals surface area contributed by atoms with Crippen molar-refractivity contribution < 1.29 is 9.18 Å². The van der Waals surface area contributed by atoms with Gasteiger partial charge >= 0.3 is 0 Å². The fourth-order valence-corrected chi connectivity index (χ4v) is 5.12. The molecule has 5 rings (SSSR count). The summed E-state index contributed by atoms with van der Waals surface area (Å²) in [5, 5.41) is 7.39. The quantitative estimate of drug-likeness (QED) is 0.405. The summed E-state index contributed by atoms with van der Waals surface area (Å²) in [6.07, 6.45) is 1.20. The summed E-state index contributed by atoms with van der Waals surface area (Å²) in [5.74, 6) is 0.222. The first-order chi connectivity index (χ1) is 16.0. The van der Waals surface area contributed by atoms with Crippen LogP contribution in [0.3, 0.4) is 0 Å². The number of fused-ring (bicyclic) bond motifs is 1. The number of nitrogens with one attached hydrogen (secondary N) is 2. The molecular weight excluding hydrogens is 435 g/mol. The van der Waals surface area contributed by atoms with E-state index in [-0.39, 0.29) is 11.7 Å². The Morgan fingerprint density at radius 1 is 1.12 bits per heavy atom. The Morgan fingerprint density at radius 3 is 2.55 bits per heavy atom. The molecule has 0 radical (unpaired) electrons. The molecule has 33 heavy (non-hydrogen) atoms. The summed E-state index contributed by atoms with van der Waals surface area (Å²) in [6.45, 7) is 3.15. The van der Waals surface area contributed by atoms with E-state index < -0.39 is 0 Å². The lowest BCUT2D eigenvalue weighted by Crippen LogP contribution is -2.26. The Balaban J connectivity index is 1.27. The molecule has 168 valence electrons. The normalized spacial score (nSPS) is 15.6. The van der Waals surface area contributed by atoms with Crippen molar-refractivity contribution in [1.29, 1.82) is 0 Å². The Bertz CT molecular complexity index is 1260. The average molecular weight is 461 g/mol. The van der Waals surface area contributed by atoms with E-state index in [9.17, 15) is 9.18 Å². The smallest absolute Gasteiger partial charge is 0.255 e. The lowest BCUT2D eigenvalue weighted by molar-refractivity contribution is 0.102. The maximum absolute atomic E-state index is 13.1. The minimum Gasteiger partial charge on any atom is -0.351 e. The number of benzene rings is 3. The van der Waals surface area contributed by atoms with Crippen LogP contribution in [0.25, 0.3) is 21.3 Å². The summed E-state index contributed by atoms with van der Waals surface area (Å²) in [4.78, 5) is 19.8. The molecule has 2 heterocycles. The molecule has 1 amide bonds. The van der Waals surface area contributed by atoms with Gasteiger partial charge < -0.3 is 15.5 Å². The van der Waals surface area contributed by atoms with Crippen molar-refractivity contribution in [3.8, 4) is 11.1 Å². The molecule has 1 atom stereocenters. The molecule has 5 nitrogen and oxygen atoms in total. The van der Waals surface area contributed by atoms with Crippen molar-refractivity contribution in [2.24, 2.45) is 5.92 Å². The van der Waals surface area contributed by atoms with Crippen LogP contribution in [0.2, 0.25) is 0 Å². The van der Waals surface area contributed by atoms with E-state index in [1.165, 1.54) is 18.6 Å². The first kappa shape index (κ1) is 21.6. The number of nitrogens with zero attached hydrogens (tertiary/aromatic N) is 2. The van der Waals surface area contributed by atoms with Gasteiger partial charge in [0.1, 0.15) is 5.82 Å². The zero-order valence-corrected chi connectivity index (χ0v) is 19.2. The van der Waals surface area contributed by atoms with Gasteiger partial charge in [0.05, 0.1) is 10.2 Å². The van der Waals surface area contributed by atoms with Gasteiger partial charge in [-0.3, -0.25) is 4.79 Å². The second-order valence-corrected chi connectivity index (χ2v) is 9.47. The molecule has 0 bridgehead atoms. The number of aromatic nitrogens is 1. The van der Waals surface area contributed by atoms with Gasteiger partial charge in [-0.1, -0.05) is 35.6 Å². The predicted molar refractivity (Wildman–Crippen MR) is 134 cm³/mol. The van der Waals surface area contributed by atoms with Crippen LogP contribution in [0.4, 0.5) is 15.2 Å². The Hall–Kier alpha value is -3.29. The van der Waals surface area contributed by atoms with Crippen LogP contribution in [0, 0.1) is 11.7 Å². The standard InChI is InChI=1S/C26H25FN4OS/c1-31(16-17-12-13-28-15-17)26-30-23-11-10-22(14-24(23)33-26)29-25(32)20-4-2-18(3-5-20)19-6-8-21(27)9-7-19/h2-11,14,17,28H,12-13,15-16H2,1H3,(H,29,32). The highest BCUT2D eigenvalue weighted by Crippen LogP contribution is 2.31. The minimum atomic E-state index is -0.266. The minimum absolute atomic E-state index is 0.171. The van der Waals surface area contributed by atoms with Crippen molar-refractivity contribution in [3.05, 3.63) is 78.1 Å². The highest BCUT2D eigenvalue weighted by atomic mass is 32.1. The van der Waals surface area contributed by atoms with Crippen molar-refractivity contribution in [2.45, 2.75) is 6.42 Å². The number of anilines is 2. The number of carbonyl (C=O) groups excluding carboxylic acids is 1. The summed E-state index contributed by atoms with van der Waals surface area (Å²) in [5.41, 5.74) is 4.09. The first-order valence-corrected chi connectivity index (χ1v) is 11.9. The van der Waals surface area contributed by atoms with Crippen molar-refractivity contribution >= 4 is 38.3 Å². The van der Waals surface area contributed by atoms with Gasteiger partial charge in [0.2, 0.25) is 0 Å². The monoisotopic (exact) mass is 460 g/mol. The van der Waals surface area contributed by atoms with Crippen LogP contribution < -0.4 is 15.5 Å². The van der Waals surface area contributed by atoms with E-state index in [4.69, 9.17) is 4.98 Å². The van der Waals surface area contributed by atoms with Crippen LogP contribution >= 0.6 is 11.3 Å². The Morgan fingerprint density at radius 2 is 1.85 bits per heavy atom. The predicted octanol–water partition coefficient (Wildman–Crippen LogP) is 5.40. The molecule has 1 aromatic heterocycles. The second-order valence-electron chi connectivity index (χ2n) is 8.46. The number of amides is 1. The molecular formula is C26H25FN4OS. The van der Waals surface area contributed by atoms with E-state index >= 15 is 0 Å². The topological polar surface area (TPSA) is 57.3 Å². The molecule has 7 heteroatoms. The number of halogens is 1. The van der Waals surface area contributed by atoms with E-state index in [1.54, 1.807) is 35.6 Å². The molecule has 1 unspecified atom stereocenters. The SMILES string of the molecule is CN(CC1CCNC1)c1nc2ccc(NC(=O)c3ccc(-c4ccc(F)cc4)cc3)cc2s1. The Kier molecular flexibility index (Phi) is 6.07. The van der Waals surface area contributed by atoms with Crippen LogP contribution in [-0.4, -0.2) is 37.6 Å². The molecule has 0 aliphatic carbocycles. The molecule has 1 aliphatic heterocycles. The third kappa shape index (κ3) is 4.89. The van der Waals surface area contributed by atoms with E-state index in [1.807, 2.05) is 30.3 Å². The largest absolute Gasteiger partial charge is 0.351 e. The van der Waals surface area contributed by atoms with Gasteiger partial charge in [-0.05, 0) is 79.0 Å². The summed E-state index contributed by atoms with van der Waals surface area (Å²) >= 11 is 1.64. The van der Waals surface area contributed by atoms with Crippen LogP contribution in [0.5, 0.6) is 0 Å². The number of hydrogen-bond donors (Lipinski definition) is 2. The van der Waals surface area contributed by atoms with Gasteiger partial charge in [0.15, 0.2) is 5.13 Å². The third-order valence-electron chi connectivity index (χ3n) is 5.98. The number of carbonyl (C=O) groups is 1. The third-order valence-corrected chi connectivity index (χ3v) is 7.11. The van der Waals surface area contributed by atoms with Crippen molar-refractivity contribution in [3.63, 3.8) is 0 Å². The van der Waals surface area contributed by atoms with E-state index in [0.29, 0.717) is 11.5 Å². The van der Waals surface area contributed by atoms with Crippen LogP contribution in [-0.2, 0) is 0 Å². The first-order valence-electron chi connectivity index (χ1n) is 11.0. The highest BCUT2D eigenvalue weighted by molar-refractivity contribution is 7.22. The zero-order chi connectivity index (χ0) is 22.8. The lowest BCUT2D eigenvalue weighted by Gasteiger charge is -2.19. The molecule has 3 aromatic carbocycles. The summed E-state index contributed by atoms with van der Waals surface area (Å²) in [7, 11) is 2.09. The Labute approximate surface area is 196 Å². The fraction of sp³-hybridized carbons (Fsp3) is 0.231. The van der Waals surface area contributed by atoms with Crippen molar-refractivity contribution in [1.82, 2.24) is 10.3 Å². The molecule has 0 saturated carbocycles. The molecule has 4 aromatic rings. The van der Waals surface area contributed by atoms with Crippen LogP contribution in [0.1, 0.15) is 16.8 Å². The number of rotatable bonds is 6. The number of thiazole rings is 1. The lowest BCUT2D eigenvalue weighted by atomic mass is 10.0. The van der Waals surface area contributed by atoms with Gasteiger partial charge in [-0.15, -0.1) is 0 Å². The molecule has 1 saturated heterocycles. The zero-order valence-electron chi connectivity index (χ0n) is 18.3. The summed E-state index contributed by atoms with van der Waals surface area (Å²) < 4.78 is 14.2. The van der Waals surface area contributed by atoms with Gasteiger partial charge in [-0.25, -0.2) is 9.37 Å². The van der Waals surface area contributed by atoms with Gasteiger partial charge in [0, 0.05) is 24.8 Å². The summed E-state index contributed by atoms with van der Waals surface area (Å²) in [6, 6.07) is 19.4. The molecule has 0 spiro atoms. The van der Waals surface area contributed by atoms with Gasteiger partial charge in [-0.2, -0.15) is 0 Å². The number of hydrogen-bond acceptors (Lipinski definition) is 5. The molecule has 1 aliphatic rings. The highest BCUT2D eigenvalue weighted by Gasteiger charge is 2.18. The fourth-order valence-electron chi connectivity index (χ4n) is 4.15. The van der Waals surface area contributed by atoms with E-state index in [2.05, 4.69) is 22.6 Å².